The summed E-state index contributed by atoms with van der Waals surface area (Å²) >= 11 is 0. The molecule has 6 heteroatoms. The van der Waals surface area contributed by atoms with Crippen molar-refractivity contribution >= 4 is 6.03 Å². The second-order valence-corrected chi connectivity index (χ2v) is 7.70. The number of amides is 2. The van der Waals surface area contributed by atoms with E-state index in [2.05, 4.69) is 5.32 Å². The number of halogens is 1. The number of rotatable bonds is 5. The van der Waals surface area contributed by atoms with Gasteiger partial charge in [-0.1, -0.05) is 26.0 Å². The summed E-state index contributed by atoms with van der Waals surface area (Å²) in [6.45, 7) is 5.70. The lowest BCUT2D eigenvalue weighted by Crippen LogP contribution is -2.46. The molecule has 2 aromatic rings. The SMILES string of the molecule is COc1cc2c(cc1OC)CN(C(=O)NCC(C)(C)c1ccc(F)cc1)CC2. The molecular weight excluding hydrogens is 359 g/mol. The van der Waals surface area contributed by atoms with Crippen molar-refractivity contribution in [3.8, 4) is 11.5 Å². The van der Waals surface area contributed by atoms with E-state index in [-0.39, 0.29) is 17.3 Å². The summed E-state index contributed by atoms with van der Waals surface area (Å²) in [5.41, 5.74) is 2.92. The van der Waals surface area contributed by atoms with Crippen molar-refractivity contribution in [2.75, 3.05) is 27.3 Å². The first-order valence-corrected chi connectivity index (χ1v) is 9.36. The zero-order chi connectivity index (χ0) is 20.3. The van der Waals surface area contributed by atoms with Crippen LogP contribution < -0.4 is 14.8 Å². The number of ether oxygens (including phenoxy) is 2. The number of hydrogen-bond donors (Lipinski definition) is 1. The molecule has 0 atom stereocenters. The Balaban J connectivity index is 1.65. The summed E-state index contributed by atoms with van der Waals surface area (Å²) in [5.74, 6) is 1.11. The van der Waals surface area contributed by atoms with Crippen molar-refractivity contribution < 1.29 is 18.7 Å². The van der Waals surface area contributed by atoms with Gasteiger partial charge in [-0.2, -0.15) is 0 Å². The highest BCUT2D eigenvalue weighted by Gasteiger charge is 2.26. The van der Waals surface area contributed by atoms with Gasteiger partial charge in [0, 0.05) is 25.0 Å². The molecule has 0 spiro atoms. The van der Waals surface area contributed by atoms with Crippen LogP contribution in [0.2, 0.25) is 0 Å². The molecule has 1 aliphatic rings. The molecule has 0 aromatic heterocycles. The molecule has 5 nitrogen and oxygen atoms in total. The maximum Gasteiger partial charge on any atom is 0.317 e. The highest BCUT2D eigenvalue weighted by molar-refractivity contribution is 5.75. The fourth-order valence-corrected chi connectivity index (χ4v) is 3.47. The molecule has 0 aliphatic carbocycles. The summed E-state index contributed by atoms with van der Waals surface area (Å²) < 4.78 is 23.9. The minimum Gasteiger partial charge on any atom is -0.493 e. The third kappa shape index (κ3) is 4.21. The zero-order valence-corrected chi connectivity index (χ0v) is 16.8. The highest BCUT2D eigenvalue weighted by Crippen LogP contribution is 2.33. The summed E-state index contributed by atoms with van der Waals surface area (Å²) in [4.78, 5) is 14.5. The molecule has 0 fully saturated rings. The minimum absolute atomic E-state index is 0.101. The van der Waals surface area contributed by atoms with Crippen molar-refractivity contribution in [3.63, 3.8) is 0 Å². The molecule has 1 aliphatic heterocycles. The van der Waals surface area contributed by atoms with Crippen molar-refractivity contribution in [1.29, 1.82) is 0 Å². The number of methoxy groups -OCH3 is 2. The first kappa shape index (κ1) is 20.0. The van der Waals surface area contributed by atoms with E-state index < -0.39 is 0 Å². The number of nitrogens with zero attached hydrogens (tertiary/aromatic N) is 1. The number of nitrogens with one attached hydrogen (secondary N) is 1. The molecule has 0 radical (unpaired) electrons. The van der Waals surface area contributed by atoms with Gasteiger partial charge in [0.05, 0.1) is 14.2 Å². The van der Waals surface area contributed by atoms with Crippen LogP contribution in [0.3, 0.4) is 0 Å². The van der Waals surface area contributed by atoms with Gasteiger partial charge in [0.2, 0.25) is 0 Å². The average molecular weight is 386 g/mol. The van der Waals surface area contributed by atoms with E-state index in [9.17, 15) is 9.18 Å². The zero-order valence-electron chi connectivity index (χ0n) is 16.8. The lowest BCUT2D eigenvalue weighted by atomic mass is 9.84. The van der Waals surface area contributed by atoms with E-state index in [1.807, 2.05) is 26.0 Å². The van der Waals surface area contributed by atoms with E-state index in [1.165, 1.54) is 17.7 Å². The van der Waals surface area contributed by atoms with Crippen molar-refractivity contribution in [2.45, 2.75) is 32.2 Å². The van der Waals surface area contributed by atoms with Gasteiger partial charge >= 0.3 is 6.03 Å². The van der Waals surface area contributed by atoms with Crippen LogP contribution in [0.1, 0.15) is 30.5 Å². The van der Waals surface area contributed by atoms with E-state index in [4.69, 9.17) is 9.47 Å². The molecule has 0 unspecified atom stereocenters. The fraction of sp³-hybridized carbons (Fsp3) is 0.409. The number of carbonyl (C=O) groups excluding carboxylic acids is 1. The predicted octanol–water partition coefficient (Wildman–Crippen LogP) is 3.89. The highest BCUT2D eigenvalue weighted by atomic mass is 19.1. The molecular formula is C22H27FN2O3. The van der Waals surface area contributed by atoms with Crippen LogP contribution in [0, 0.1) is 5.82 Å². The van der Waals surface area contributed by atoms with E-state index in [0.29, 0.717) is 31.1 Å². The van der Waals surface area contributed by atoms with Crippen LogP contribution in [-0.4, -0.2) is 38.2 Å². The predicted molar refractivity (Wildman–Crippen MR) is 106 cm³/mol. The van der Waals surface area contributed by atoms with Gasteiger partial charge < -0.3 is 19.7 Å². The van der Waals surface area contributed by atoms with Crippen LogP contribution in [-0.2, 0) is 18.4 Å². The summed E-state index contributed by atoms with van der Waals surface area (Å²) in [6, 6.07) is 10.2. The smallest absolute Gasteiger partial charge is 0.317 e. The molecule has 28 heavy (non-hydrogen) atoms. The molecule has 3 rings (SSSR count). The topological polar surface area (TPSA) is 50.8 Å². The summed E-state index contributed by atoms with van der Waals surface area (Å²) in [6.07, 6.45) is 0.768. The first-order chi connectivity index (χ1) is 13.3. The molecule has 0 saturated heterocycles. The summed E-state index contributed by atoms with van der Waals surface area (Å²) in [5, 5.41) is 3.03. The number of fused-ring (bicyclic) bond motifs is 1. The van der Waals surface area contributed by atoms with Crippen LogP contribution in [0.5, 0.6) is 11.5 Å². The quantitative estimate of drug-likeness (QED) is 0.848. The Hall–Kier alpha value is -2.76. The van der Waals surface area contributed by atoms with Crippen LogP contribution in [0.4, 0.5) is 9.18 Å². The monoisotopic (exact) mass is 386 g/mol. The van der Waals surface area contributed by atoms with Gasteiger partial charge in [-0.3, -0.25) is 0 Å². The number of benzene rings is 2. The maximum absolute atomic E-state index is 13.2. The Bertz CT molecular complexity index is 850. The van der Waals surface area contributed by atoms with Gasteiger partial charge in [0.25, 0.3) is 0 Å². The summed E-state index contributed by atoms with van der Waals surface area (Å²) in [7, 11) is 3.23. The molecule has 150 valence electrons. The Kier molecular flexibility index (Phi) is 5.77. The third-order valence-electron chi connectivity index (χ3n) is 5.31. The standard InChI is InChI=1S/C22H27FN2O3/c1-22(2,17-5-7-18(23)8-6-17)14-24-21(26)25-10-9-15-11-19(27-3)20(28-4)12-16(15)13-25/h5-8,11-12H,9-10,13-14H2,1-4H3,(H,24,26). The molecule has 1 N–H and O–H groups in total. The van der Waals surface area contributed by atoms with Gasteiger partial charge in [-0.05, 0) is 47.4 Å². The van der Waals surface area contributed by atoms with E-state index in [1.54, 1.807) is 31.3 Å². The maximum atomic E-state index is 13.2. The number of hydrogen-bond acceptors (Lipinski definition) is 3. The number of carbonyl (C=O) groups is 1. The van der Waals surface area contributed by atoms with Crippen LogP contribution in [0.25, 0.3) is 0 Å². The van der Waals surface area contributed by atoms with Crippen LogP contribution >= 0.6 is 0 Å². The van der Waals surface area contributed by atoms with Gasteiger partial charge in [-0.15, -0.1) is 0 Å². The van der Waals surface area contributed by atoms with E-state index >= 15 is 0 Å². The normalized spacial score (nSPS) is 13.7. The van der Waals surface area contributed by atoms with Gasteiger partial charge in [0.15, 0.2) is 11.5 Å². The molecule has 1 heterocycles. The first-order valence-electron chi connectivity index (χ1n) is 9.36. The average Bonchev–Trinajstić information content (AvgIpc) is 2.70. The van der Waals surface area contributed by atoms with Gasteiger partial charge in [0.1, 0.15) is 5.82 Å². The Morgan fingerprint density at radius 2 is 1.71 bits per heavy atom. The minimum atomic E-state index is -0.298. The second-order valence-electron chi connectivity index (χ2n) is 7.70. The van der Waals surface area contributed by atoms with Crippen molar-refractivity contribution in [2.24, 2.45) is 0 Å². The molecule has 2 amide bonds. The fourth-order valence-electron chi connectivity index (χ4n) is 3.47. The van der Waals surface area contributed by atoms with Crippen molar-refractivity contribution in [1.82, 2.24) is 10.2 Å². The number of urea groups is 1. The Morgan fingerprint density at radius 1 is 1.11 bits per heavy atom. The molecule has 2 aromatic carbocycles. The van der Waals surface area contributed by atoms with Crippen LogP contribution in [0.15, 0.2) is 36.4 Å². The molecule has 0 saturated carbocycles. The lowest BCUT2D eigenvalue weighted by molar-refractivity contribution is 0.190. The lowest BCUT2D eigenvalue weighted by Gasteiger charge is -2.32. The second kappa shape index (κ2) is 8.09. The third-order valence-corrected chi connectivity index (χ3v) is 5.31. The van der Waals surface area contributed by atoms with E-state index in [0.717, 1.165) is 17.5 Å². The molecule has 0 bridgehead atoms. The Labute approximate surface area is 165 Å². The van der Waals surface area contributed by atoms with Crippen molar-refractivity contribution in [3.05, 3.63) is 58.9 Å². The van der Waals surface area contributed by atoms with Gasteiger partial charge in [-0.25, -0.2) is 9.18 Å². The largest absolute Gasteiger partial charge is 0.493 e. The Morgan fingerprint density at radius 3 is 2.32 bits per heavy atom.